The highest BCUT2D eigenvalue weighted by molar-refractivity contribution is 7.89. The summed E-state index contributed by atoms with van der Waals surface area (Å²) in [4.78, 5) is 8.90. The highest BCUT2D eigenvalue weighted by Crippen LogP contribution is 2.20. The summed E-state index contributed by atoms with van der Waals surface area (Å²) in [6.07, 6.45) is 6.53. The van der Waals surface area contributed by atoms with Crippen LogP contribution < -0.4 is 4.72 Å². The molecular formula is C16H20N6O2S. The number of aromatic nitrogens is 5. The number of hydrogen-bond donors (Lipinski definition) is 1. The van der Waals surface area contributed by atoms with Gasteiger partial charge in [0.1, 0.15) is 10.7 Å². The number of aryl methyl sites for hydroxylation is 4. The van der Waals surface area contributed by atoms with Gasteiger partial charge in [-0.25, -0.2) is 23.1 Å². The molecule has 0 aromatic carbocycles. The van der Waals surface area contributed by atoms with E-state index in [4.69, 9.17) is 0 Å². The Labute approximate surface area is 145 Å². The van der Waals surface area contributed by atoms with E-state index in [9.17, 15) is 8.42 Å². The average Bonchev–Trinajstić information content (AvgIpc) is 3.14. The van der Waals surface area contributed by atoms with Crippen LogP contribution >= 0.6 is 0 Å². The Kier molecular flexibility index (Phi) is 3.84. The molecule has 0 radical (unpaired) electrons. The fourth-order valence-corrected chi connectivity index (χ4v) is 4.21. The molecule has 8 nitrogen and oxygen atoms in total. The molecule has 0 atom stereocenters. The smallest absolute Gasteiger partial charge is 0.242 e. The predicted molar refractivity (Wildman–Crippen MR) is 92.4 cm³/mol. The molecule has 0 aliphatic carbocycles. The zero-order chi connectivity index (χ0) is 17.6. The largest absolute Gasteiger partial charge is 0.335 e. The van der Waals surface area contributed by atoms with E-state index in [1.807, 2.05) is 13.1 Å². The molecule has 0 fully saturated rings. The summed E-state index contributed by atoms with van der Waals surface area (Å²) < 4.78 is 31.6. The monoisotopic (exact) mass is 360 g/mol. The number of fused-ring (bicyclic) bond motifs is 2. The Balaban J connectivity index is 1.57. The van der Waals surface area contributed by atoms with E-state index in [0.717, 1.165) is 48.4 Å². The molecule has 4 rings (SSSR count). The Morgan fingerprint density at radius 2 is 2.16 bits per heavy atom. The van der Waals surface area contributed by atoms with Crippen molar-refractivity contribution in [1.29, 1.82) is 0 Å². The van der Waals surface area contributed by atoms with Crippen LogP contribution in [0.4, 0.5) is 0 Å². The first kappa shape index (κ1) is 16.2. The molecule has 0 spiro atoms. The van der Waals surface area contributed by atoms with E-state index < -0.39 is 10.0 Å². The Morgan fingerprint density at radius 3 is 2.96 bits per heavy atom. The molecule has 0 saturated carbocycles. The molecule has 3 aromatic heterocycles. The van der Waals surface area contributed by atoms with Crippen molar-refractivity contribution in [1.82, 2.24) is 29.0 Å². The minimum Gasteiger partial charge on any atom is -0.335 e. The van der Waals surface area contributed by atoms with Crippen LogP contribution in [-0.4, -0.2) is 32.7 Å². The number of sulfonamides is 1. The molecule has 25 heavy (non-hydrogen) atoms. The molecule has 0 amide bonds. The number of nitrogens with one attached hydrogen (secondary N) is 1. The van der Waals surface area contributed by atoms with E-state index in [0.29, 0.717) is 5.65 Å². The first-order chi connectivity index (χ1) is 11.9. The number of rotatable bonds is 4. The Morgan fingerprint density at radius 1 is 1.32 bits per heavy atom. The summed E-state index contributed by atoms with van der Waals surface area (Å²) in [5.41, 5.74) is 2.16. The van der Waals surface area contributed by atoms with Crippen LogP contribution in [0.15, 0.2) is 23.4 Å². The van der Waals surface area contributed by atoms with Gasteiger partial charge in [-0.3, -0.25) is 4.68 Å². The second kappa shape index (κ2) is 5.92. The maximum Gasteiger partial charge on any atom is 0.242 e. The van der Waals surface area contributed by atoms with Crippen LogP contribution in [0.3, 0.4) is 0 Å². The van der Waals surface area contributed by atoms with Crippen molar-refractivity contribution < 1.29 is 8.42 Å². The lowest BCUT2D eigenvalue weighted by atomic mass is 10.2. The summed E-state index contributed by atoms with van der Waals surface area (Å²) in [6.45, 7) is 2.96. The lowest BCUT2D eigenvalue weighted by Gasteiger charge is -2.11. The number of pyridine rings is 1. The van der Waals surface area contributed by atoms with Crippen molar-refractivity contribution in [3.05, 3.63) is 35.7 Å². The molecular weight excluding hydrogens is 340 g/mol. The molecule has 0 saturated heterocycles. The third-order valence-electron chi connectivity index (χ3n) is 4.55. The van der Waals surface area contributed by atoms with E-state index in [1.165, 1.54) is 6.20 Å². The topological polar surface area (TPSA) is 94.7 Å². The molecule has 0 bridgehead atoms. The third-order valence-corrected chi connectivity index (χ3v) is 5.92. The van der Waals surface area contributed by atoms with Gasteiger partial charge in [-0.05, 0) is 25.8 Å². The maximum absolute atomic E-state index is 12.6. The fraction of sp³-hybridized carbons (Fsp3) is 0.438. The molecule has 0 unspecified atom stereocenters. The standard InChI is InChI=1S/C16H20N6O2S/c1-11-14-7-13(9-17-16(14)21(2)20-11)25(23,24)18-8-12-10-22-6-4-3-5-15(22)19-12/h7,9-10,18H,3-6,8H2,1-2H3. The molecule has 1 aliphatic heterocycles. The second-order valence-corrected chi connectivity index (χ2v) is 8.14. The molecule has 1 N–H and O–H groups in total. The van der Waals surface area contributed by atoms with Gasteiger partial charge in [0, 0.05) is 37.8 Å². The van der Waals surface area contributed by atoms with Gasteiger partial charge >= 0.3 is 0 Å². The lowest BCUT2D eigenvalue weighted by molar-refractivity contribution is 0.522. The normalized spacial score (nSPS) is 14.8. The van der Waals surface area contributed by atoms with Crippen LogP contribution in [0.1, 0.15) is 30.1 Å². The first-order valence-electron chi connectivity index (χ1n) is 8.28. The average molecular weight is 360 g/mol. The third kappa shape index (κ3) is 2.93. The van der Waals surface area contributed by atoms with E-state index in [2.05, 4.69) is 24.4 Å². The number of imidazole rings is 1. The van der Waals surface area contributed by atoms with Crippen LogP contribution in [0.2, 0.25) is 0 Å². The molecule has 1 aliphatic rings. The van der Waals surface area contributed by atoms with Crippen LogP contribution in [0, 0.1) is 6.92 Å². The Bertz CT molecular complexity index is 1030. The van der Waals surface area contributed by atoms with Crippen LogP contribution in [0.5, 0.6) is 0 Å². The molecule has 9 heteroatoms. The lowest BCUT2D eigenvalue weighted by Crippen LogP contribution is -2.23. The summed E-state index contributed by atoms with van der Waals surface area (Å²) in [5, 5.41) is 5.01. The van der Waals surface area contributed by atoms with Gasteiger partial charge in [0.15, 0.2) is 5.65 Å². The SMILES string of the molecule is Cc1nn(C)c2ncc(S(=O)(=O)NCc3cn4c(n3)CCCC4)cc12. The van der Waals surface area contributed by atoms with Gasteiger partial charge in [0.25, 0.3) is 0 Å². The fourth-order valence-electron chi connectivity index (χ4n) is 3.24. The zero-order valence-corrected chi connectivity index (χ0v) is 15.0. The van der Waals surface area contributed by atoms with Gasteiger partial charge in [-0.15, -0.1) is 0 Å². The summed E-state index contributed by atoms with van der Waals surface area (Å²) in [6, 6.07) is 1.62. The maximum atomic E-state index is 12.6. The van der Waals surface area contributed by atoms with Gasteiger partial charge in [-0.1, -0.05) is 0 Å². The molecule has 3 aromatic rings. The van der Waals surface area contributed by atoms with Gasteiger partial charge in [0.05, 0.1) is 17.9 Å². The summed E-state index contributed by atoms with van der Waals surface area (Å²) >= 11 is 0. The summed E-state index contributed by atoms with van der Waals surface area (Å²) in [7, 11) is -1.87. The highest BCUT2D eigenvalue weighted by atomic mass is 32.2. The van der Waals surface area contributed by atoms with Crippen molar-refractivity contribution in [3.8, 4) is 0 Å². The van der Waals surface area contributed by atoms with Crippen LogP contribution in [0.25, 0.3) is 11.0 Å². The van der Waals surface area contributed by atoms with Gasteiger partial charge in [-0.2, -0.15) is 5.10 Å². The van der Waals surface area contributed by atoms with Crippen molar-refractivity contribution in [3.63, 3.8) is 0 Å². The van der Waals surface area contributed by atoms with Crippen LogP contribution in [-0.2, 0) is 36.6 Å². The van der Waals surface area contributed by atoms with Gasteiger partial charge < -0.3 is 4.57 Å². The van der Waals surface area contributed by atoms with Crippen molar-refractivity contribution in [2.75, 3.05) is 0 Å². The van der Waals surface area contributed by atoms with Crippen molar-refractivity contribution >= 4 is 21.1 Å². The zero-order valence-electron chi connectivity index (χ0n) is 14.2. The van der Waals surface area contributed by atoms with Gasteiger partial charge in [0.2, 0.25) is 10.0 Å². The number of hydrogen-bond acceptors (Lipinski definition) is 5. The number of nitrogens with zero attached hydrogens (tertiary/aromatic N) is 5. The minimum atomic E-state index is -3.66. The summed E-state index contributed by atoms with van der Waals surface area (Å²) in [5.74, 6) is 1.04. The quantitative estimate of drug-likeness (QED) is 0.756. The first-order valence-corrected chi connectivity index (χ1v) is 9.76. The predicted octanol–water partition coefficient (Wildman–Crippen LogP) is 1.29. The van der Waals surface area contributed by atoms with E-state index in [1.54, 1.807) is 17.8 Å². The molecule has 132 valence electrons. The van der Waals surface area contributed by atoms with E-state index in [-0.39, 0.29) is 11.4 Å². The minimum absolute atomic E-state index is 0.139. The van der Waals surface area contributed by atoms with E-state index >= 15 is 0 Å². The Hall–Kier alpha value is -2.26. The second-order valence-electron chi connectivity index (χ2n) is 6.37. The molecule has 4 heterocycles. The van der Waals surface area contributed by atoms with Crippen molar-refractivity contribution in [2.24, 2.45) is 7.05 Å². The van der Waals surface area contributed by atoms with Crippen molar-refractivity contribution in [2.45, 2.75) is 44.2 Å². The highest BCUT2D eigenvalue weighted by Gasteiger charge is 2.19.